The summed E-state index contributed by atoms with van der Waals surface area (Å²) in [4.78, 5) is 2.55. The third-order valence-corrected chi connectivity index (χ3v) is 4.00. The molecular formula is C13H26N2O. The van der Waals surface area contributed by atoms with Crippen molar-refractivity contribution in [1.29, 1.82) is 0 Å². The number of nitrogens with two attached hydrogens (primary N) is 1. The highest BCUT2D eigenvalue weighted by Crippen LogP contribution is 2.31. The minimum atomic E-state index is 0.0959. The van der Waals surface area contributed by atoms with Gasteiger partial charge in [-0.2, -0.15) is 0 Å². The summed E-state index contributed by atoms with van der Waals surface area (Å²) in [6.07, 6.45) is 6.94. The Bertz CT molecular complexity index is 226. The maximum atomic E-state index is 6.06. The Balaban J connectivity index is 1.81. The Hall–Kier alpha value is -0.120. The van der Waals surface area contributed by atoms with Gasteiger partial charge in [0.1, 0.15) is 0 Å². The first-order valence-corrected chi connectivity index (χ1v) is 6.73. The molecule has 0 aromatic carbocycles. The van der Waals surface area contributed by atoms with Crippen molar-refractivity contribution in [2.75, 3.05) is 19.6 Å². The highest BCUT2D eigenvalue weighted by atomic mass is 16.5. The summed E-state index contributed by atoms with van der Waals surface area (Å²) in [5.41, 5.74) is 5.79. The first-order chi connectivity index (χ1) is 7.61. The molecule has 3 heteroatoms. The van der Waals surface area contributed by atoms with Gasteiger partial charge in [0.25, 0.3) is 0 Å². The van der Waals surface area contributed by atoms with Crippen molar-refractivity contribution in [3.05, 3.63) is 0 Å². The molecule has 2 N–H and O–H groups in total. The molecule has 1 saturated carbocycles. The van der Waals surface area contributed by atoms with Crippen LogP contribution < -0.4 is 5.73 Å². The molecule has 1 saturated heterocycles. The van der Waals surface area contributed by atoms with Crippen molar-refractivity contribution in [1.82, 2.24) is 4.90 Å². The van der Waals surface area contributed by atoms with Gasteiger partial charge in [0.05, 0.1) is 11.7 Å². The molecule has 1 heterocycles. The second-order valence-corrected chi connectivity index (χ2v) is 5.91. The van der Waals surface area contributed by atoms with Crippen LogP contribution in [0.5, 0.6) is 0 Å². The Labute approximate surface area is 99.3 Å². The summed E-state index contributed by atoms with van der Waals surface area (Å²) in [5, 5.41) is 0. The lowest BCUT2D eigenvalue weighted by Crippen LogP contribution is -2.46. The quantitative estimate of drug-likeness (QED) is 0.776. The van der Waals surface area contributed by atoms with E-state index in [0.29, 0.717) is 6.10 Å². The van der Waals surface area contributed by atoms with Crippen LogP contribution in [0.25, 0.3) is 0 Å². The standard InChI is InChI=1S/C13H26N2O/c1-13(2)7-6-12(16-13)10-15(9-8-14)11-4-3-5-11/h11-12H,3-10,14H2,1-2H3. The van der Waals surface area contributed by atoms with Crippen LogP contribution in [0.4, 0.5) is 0 Å². The van der Waals surface area contributed by atoms with E-state index >= 15 is 0 Å². The molecule has 1 aliphatic carbocycles. The predicted molar refractivity (Wildman–Crippen MR) is 66.5 cm³/mol. The third kappa shape index (κ3) is 2.96. The van der Waals surface area contributed by atoms with E-state index in [-0.39, 0.29) is 5.60 Å². The molecule has 3 nitrogen and oxygen atoms in total. The molecule has 0 spiro atoms. The average molecular weight is 226 g/mol. The third-order valence-electron chi connectivity index (χ3n) is 4.00. The highest BCUT2D eigenvalue weighted by Gasteiger charge is 2.34. The number of hydrogen-bond acceptors (Lipinski definition) is 3. The maximum absolute atomic E-state index is 6.06. The Morgan fingerprint density at radius 3 is 2.50 bits per heavy atom. The lowest BCUT2D eigenvalue weighted by Gasteiger charge is -2.38. The summed E-state index contributed by atoms with van der Waals surface area (Å²) in [6.45, 7) is 7.29. The molecule has 2 aliphatic rings. The van der Waals surface area contributed by atoms with Crippen LogP contribution in [0.2, 0.25) is 0 Å². The Morgan fingerprint density at radius 1 is 1.31 bits per heavy atom. The Morgan fingerprint density at radius 2 is 2.06 bits per heavy atom. The molecule has 1 atom stereocenters. The van der Waals surface area contributed by atoms with E-state index < -0.39 is 0 Å². The summed E-state index contributed by atoms with van der Waals surface area (Å²) in [6, 6.07) is 0.788. The zero-order valence-electron chi connectivity index (χ0n) is 10.7. The van der Waals surface area contributed by atoms with E-state index in [1.165, 1.54) is 32.1 Å². The lowest BCUT2D eigenvalue weighted by molar-refractivity contribution is -0.0382. The van der Waals surface area contributed by atoms with Crippen LogP contribution >= 0.6 is 0 Å². The molecule has 0 bridgehead atoms. The van der Waals surface area contributed by atoms with Gasteiger partial charge in [-0.15, -0.1) is 0 Å². The topological polar surface area (TPSA) is 38.5 Å². The van der Waals surface area contributed by atoms with Crippen LogP contribution in [0.15, 0.2) is 0 Å². The zero-order chi connectivity index (χ0) is 11.6. The molecule has 0 aromatic heterocycles. The van der Waals surface area contributed by atoms with Gasteiger partial charge in [-0.05, 0) is 39.5 Å². The molecule has 0 amide bonds. The van der Waals surface area contributed by atoms with Gasteiger partial charge in [-0.1, -0.05) is 6.42 Å². The normalized spacial score (nSPS) is 29.6. The molecule has 2 fully saturated rings. The smallest absolute Gasteiger partial charge is 0.0710 e. The van der Waals surface area contributed by atoms with E-state index in [2.05, 4.69) is 18.7 Å². The molecule has 2 rings (SSSR count). The van der Waals surface area contributed by atoms with E-state index in [0.717, 1.165) is 25.7 Å². The van der Waals surface area contributed by atoms with E-state index in [9.17, 15) is 0 Å². The summed E-state index contributed by atoms with van der Waals surface area (Å²) < 4.78 is 6.06. The lowest BCUT2D eigenvalue weighted by atomic mass is 9.91. The molecule has 0 radical (unpaired) electrons. The van der Waals surface area contributed by atoms with Crippen molar-refractivity contribution in [3.8, 4) is 0 Å². The van der Waals surface area contributed by atoms with E-state index in [1.54, 1.807) is 0 Å². The average Bonchev–Trinajstić information content (AvgIpc) is 2.43. The van der Waals surface area contributed by atoms with Gasteiger partial charge in [0.2, 0.25) is 0 Å². The molecule has 16 heavy (non-hydrogen) atoms. The number of rotatable bonds is 5. The van der Waals surface area contributed by atoms with Crippen molar-refractivity contribution < 1.29 is 4.74 Å². The second kappa shape index (κ2) is 5.03. The number of hydrogen-bond donors (Lipinski definition) is 1. The van der Waals surface area contributed by atoms with Gasteiger partial charge in [-0.25, -0.2) is 0 Å². The number of ether oxygens (including phenoxy) is 1. The summed E-state index contributed by atoms with van der Waals surface area (Å²) in [5.74, 6) is 0. The van der Waals surface area contributed by atoms with Gasteiger partial charge in [0, 0.05) is 25.7 Å². The molecule has 94 valence electrons. The maximum Gasteiger partial charge on any atom is 0.0710 e. The van der Waals surface area contributed by atoms with Crippen molar-refractivity contribution in [2.45, 2.75) is 63.7 Å². The largest absolute Gasteiger partial charge is 0.371 e. The van der Waals surface area contributed by atoms with Crippen LogP contribution in [0.3, 0.4) is 0 Å². The van der Waals surface area contributed by atoms with E-state index in [4.69, 9.17) is 10.5 Å². The second-order valence-electron chi connectivity index (χ2n) is 5.91. The van der Waals surface area contributed by atoms with Gasteiger partial charge >= 0.3 is 0 Å². The SMILES string of the molecule is CC1(C)CCC(CN(CCN)C2CCC2)O1. The first kappa shape index (κ1) is 12.3. The summed E-state index contributed by atoms with van der Waals surface area (Å²) in [7, 11) is 0. The van der Waals surface area contributed by atoms with Crippen LogP contribution in [0, 0.1) is 0 Å². The summed E-state index contributed by atoms with van der Waals surface area (Å²) >= 11 is 0. The molecule has 1 unspecified atom stereocenters. The fourth-order valence-electron chi connectivity index (χ4n) is 2.81. The van der Waals surface area contributed by atoms with Crippen LogP contribution in [-0.4, -0.2) is 42.3 Å². The highest BCUT2D eigenvalue weighted by molar-refractivity contribution is 4.86. The minimum Gasteiger partial charge on any atom is -0.371 e. The molecule has 1 aliphatic heterocycles. The molecule has 0 aromatic rings. The zero-order valence-corrected chi connectivity index (χ0v) is 10.7. The first-order valence-electron chi connectivity index (χ1n) is 6.73. The van der Waals surface area contributed by atoms with E-state index in [1.807, 2.05) is 0 Å². The number of nitrogens with zero attached hydrogens (tertiary/aromatic N) is 1. The molecular weight excluding hydrogens is 200 g/mol. The van der Waals surface area contributed by atoms with Gasteiger partial charge < -0.3 is 10.5 Å². The van der Waals surface area contributed by atoms with Gasteiger partial charge in [0.15, 0.2) is 0 Å². The minimum absolute atomic E-state index is 0.0959. The fraction of sp³-hybridized carbons (Fsp3) is 1.00. The van der Waals surface area contributed by atoms with Crippen molar-refractivity contribution in [2.24, 2.45) is 5.73 Å². The van der Waals surface area contributed by atoms with Crippen LogP contribution in [-0.2, 0) is 4.74 Å². The van der Waals surface area contributed by atoms with Gasteiger partial charge in [-0.3, -0.25) is 4.90 Å². The Kier molecular flexibility index (Phi) is 3.88. The van der Waals surface area contributed by atoms with Crippen LogP contribution in [0.1, 0.15) is 46.0 Å². The fourth-order valence-corrected chi connectivity index (χ4v) is 2.81. The predicted octanol–water partition coefficient (Wildman–Crippen LogP) is 1.76. The van der Waals surface area contributed by atoms with Crippen molar-refractivity contribution >= 4 is 0 Å². The van der Waals surface area contributed by atoms with Crippen molar-refractivity contribution in [3.63, 3.8) is 0 Å². The monoisotopic (exact) mass is 226 g/mol.